The molecule has 2 aromatic carbocycles. The molecule has 2 rings (SSSR count). The van der Waals surface area contributed by atoms with Crippen LogP contribution in [-0.4, -0.2) is 4.92 Å². The van der Waals surface area contributed by atoms with Crippen LogP contribution in [0.25, 0.3) is 0 Å². The molecule has 0 atom stereocenters. The van der Waals surface area contributed by atoms with Gasteiger partial charge in [-0.25, -0.2) is 4.39 Å². The molecule has 0 fully saturated rings. The highest BCUT2D eigenvalue weighted by Gasteiger charge is 2.13. The van der Waals surface area contributed by atoms with E-state index in [4.69, 9.17) is 22.2 Å². The van der Waals surface area contributed by atoms with Gasteiger partial charge in [-0.15, -0.1) is 0 Å². The zero-order valence-corrected chi connectivity index (χ0v) is 11.4. The van der Waals surface area contributed by atoms with E-state index in [2.05, 4.69) is 5.43 Å². The number of hydrazine groups is 1. The fourth-order valence-electron chi connectivity index (χ4n) is 1.70. The standard InChI is InChI=1S/C13H11ClFN3O3/c14-10-6-9(15)2-4-13(10)21-7-8-1-3-12(18(19)20)11(5-8)17-16/h1-6,17H,7,16H2. The molecule has 0 aliphatic rings. The van der Waals surface area contributed by atoms with E-state index in [0.29, 0.717) is 11.3 Å². The van der Waals surface area contributed by atoms with E-state index in [-0.39, 0.29) is 23.0 Å². The maximum absolute atomic E-state index is 12.9. The lowest BCUT2D eigenvalue weighted by Gasteiger charge is -2.09. The molecule has 3 N–H and O–H groups in total. The summed E-state index contributed by atoms with van der Waals surface area (Å²) >= 11 is 5.83. The highest BCUT2D eigenvalue weighted by Crippen LogP contribution is 2.28. The Morgan fingerprint density at radius 2 is 2.10 bits per heavy atom. The van der Waals surface area contributed by atoms with Crippen molar-refractivity contribution in [1.82, 2.24) is 0 Å². The van der Waals surface area contributed by atoms with Gasteiger partial charge in [0, 0.05) is 6.07 Å². The van der Waals surface area contributed by atoms with Gasteiger partial charge >= 0.3 is 0 Å². The van der Waals surface area contributed by atoms with Gasteiger partial charge < -0.3 is 10.2 Å². The fourth-order valence-corrected chi connectivity index (χ4v) is 1.92. The van der Waals surface area contributed by atoms with Gasteiger partial charge in [-0.3, -0.25) is 16.0 Å². The highest BCUT2D eigenvalue weighted by atomic mass is 35.5. The Kier molecular flexibility index (Phi) is 4.56. The van der Waals surface area contributed by atoms with Gasteiger partial charge in [0.2, 0.25) is 0 Å². The number of benzene rings is 2. The van der Waals surface area contributed by atoms with Crippen LogP contribution in [0.2, 0.25) is 5.02 Å². The Morgan fingerprint density at radius 3 is 2.71 bits per heavy atom. The smallest absolute Gasteiger partial charge is 0.293 e. The first-order chi connectivity index (χ1) is 10.0. The van der Waals surface area contributed by atoms with E-state index in [1.165, 1.54) is 30.3 Å². The SMILES string of the molecule is NNc1cc(COc2ccc(F)cc2Cl)ccc1[N+](=O)[O-]. The van der Waals surface area contributed by atoms with Crippen molar-refractivity contribution in [3.8, 4) is 5.75 Å². The molecule has 0 unspecified atom stereocenters. The van der Waals surface area contributed by atoms with E-state index in [1.54, 1.807) is 0 Å². The first-order valence-corrected chi connectivity index (χ1v) is 6.21. The Morgan fingerprint density at radius 1 is 1.33 bits per heavy atom. The van der Waals surface area contributed by atoms with Crippen molar-refractivity contribution < 1.29 is 14.1 Å². The van der Waals surface area contributed by atoms with Gasteiger partial charge in [-0.1, -0.05) is 11.6 Å². The first kappa shape index (κ1) is 15.0. The van der Waals surface area contributed by atoms with Crippen molar-refractivity contribution >= 4 is 23.0 Å². The van der Waals surface area contributed by atoms with Gasteiger partial charge in [0.1, 0.15) is 23.9 Å². The Bertz CT molecular complexity index is 682. The summed E-state index contributed by atoms with van der Waals surface area (Å²) < 4.78 is 18.3. The average molecular weight is 312 g/mol. The monoisotopic (exact) mass is 311 g/mol. The molecule has 8 heteroatoms. The molecule has 0 aromatic heterocycles. The maximum atomic E-state index is 12.9. The van der Waals surface area contributed by atoms with Crippen molar-refractivity contribution in [3.63, 3.8) is 0 Å². The second-order valence-corrected chi connectivity index (χ2v) is 4.52. The molecule has 0 heterocycles. The lowest BCUT2D eigenvalue weighted by atomic mass is 10.2. The molecule has 6 nitrogen and oxygen atoms in total. The molecule has 2 aromatic rings. The summed E-state index contributed by atoms with van der Waals surface area (Å²) in [5, 5.41) is 10.9. The van der Waals surface area contributed by atoms with Gasteiger partial charge in [-0.2, -0.15) is 0 Å². The van der Waals surface area contributed by atoms with Crippen LogP contribution in [-0.2, 0) is 6.61 Å². The molecule has 0 aliphatic carbocycles. The second-order valence-electron chi connectivity index (χ2n) is 4.12. The number of rotatable bonds is 5. The van der Waals surface area contributed by atoms with E-state index >= 15 is 0 Å². The van der Waals surface area contributed by atoms with Crippen molar-refractivity contribution in [1.29, 1.82) is 0 Å². The van der Waals surface area contributed by atoms with Gasteiger partial charge in [0.15, 0.2) is 0 Å². The lowest BCUT2D eigenvalue weighted by Crippen LogP contribution is -2.10. The van der Waals surface area contributed by atoms with Crippen LogP contribution in [0.4, 0.5) is 15.8 Å². The zero-order valence-electron chi connectivity index (χ0n) is 10.7. The Balaban J connectivity index is 2.15. The minimum absolute atomic E-state index is 0.109. The average Bonchev–Trinajstić information content (AvgIpc) is 2.45. The van der Waals surface area contributed by atoms with Crippen molar-refractivity contribution in [2.24, 2.45) is 5.84 Å². The molecule has 21 heavy (non-hydrogen) atoms. The summed E-state index contributed by atoms with van der Waals surface area (Å²) in [6.45, 7) is 0.109. The Hall–Kier alpha value is -2.38. The topological polar surface area (TPSA) is 90.4 Å². The molecule has 0 radical (unpaired) electrons. The number of anilines is 1. The van der Waals surface area contributed by atoms with Crippen LogP contribution in [0, 0.1) is 15.9 Å². The molecule has 0 saturated heterocycles. The fraction of sp³-hybridized carbons (Fsp3) is 0.0769. The zero-order chi connectivity index (χ0) is 15.4. The molecule has 0 spiro atoms. The van der Waals surface area contributed by atoms with Gasteiger partial charge in [0.25, 0.3) is 5.69 Å². The van der Waals surface area contributed by atoms with Crippen LogP contribution < -0.4 is 16.0 Å². The number of nitrogens with one attached hydrogen (secondary N) is 1. The molecule has 0 saturated carbocycles. The summed E-state index contributed by atoms with van der Waals surface area (Å²) in [6, 6.07) is 8.13. The number of nitrogen functional groups attached to an aromatic ring is 1. The number of ether oxygens (including phenoxy) is 1. The van der Waals surface area contributed by atoms with Crippen LogP contribution in [0.5, 0.6) is 5.75 Å². The van der Waals surface area contributed by atoms with Crippen LogP contribution in [0.1, 0.15) is 5.56 Å². The molecule has 0 amide bonds. The largest absolute Gasteiger partial charge is 0.487 e. The summed E-state index contributed by atoms with van der Waals surface area (Å²) in [6.07, 6.45) is 0. The number of halogens is 2. The quantitative estimate of drug-likeness (QED) is 0.502. The van der Waals surface area contributed by atoms with Crippen LogP contribution >= 0.6 is 11.6 Å². The number of nitrogens with zero attached hydrogens (tertiary/aromatic N) is 1. The van der Waals surface area contributed by atoms with E-state index in [1.807, 2.05) is 0 Å². The van der Waals surface area contributed by atoms with Gasteiger partial charge in [0.05, 0.1) is 9.95 Å². The summed E-state index contributed by atoms with van der Waals surface area (Å²) in [5.74, 6) is 5.10. The maximum Gasteiger partial charge on any atom is 0.293 e. The minimum atomic E-state index is -0.545. The molecular formula is C13H11ClFN3O3. The summed E-state index contributed by atoms with van der Waals surface area (Å²) in [7, 11) is 0. The second kappa shape index (κ2) is 6.38. The van der Waals surface area contributed by atoms with Crippen LogP contribution in [0.3, 0.4) is 0 Å². The van der Waals surface area contributed by atoms with Crippen LogP contribution in [0.15, 0.2) is 36.4 Å². The third-order valence-corrected chi connectivity index (χ3v) is 3.00. The van der Waals surface area contributed by atoms with Crippen molar-refractivity contribution in [2.75, 3.05) is 5.43 Å². The number of nitro benzene ring substituents is 1. The van der Waals surface area contributed by atoms with E-state index < -0.39 is 10.7 Å². The number of nitro groups is 1. The predicted molar refractivity (Wildman–Crippen MR) is 76.6 cm³/mol. The number of hydrogen-bond donors (Lipinski definition) is 2. The minimum Gasteiger partial charge on any atom is -0.487 e. The molecule has 0 bridgehead atoms. The van der Waals surface area contributed by atoms with Crippen molar-refractivity contribution in [3.05, 3.63) is 62.9 Å². The molecule has 0 aliphatic heterocycles. The first-order valence-electron chi connectivity index (χ1n) is 5.83. The molecule has 110 valence electrons. The number of nitrogens with two attached hydrogens (primary N) is 1. The normalized spacial score (nSPS) is 10.2. The lowest BCUT2D eigenvalue weighted by molar-refractivity contribution is -0.384. The van der Waals surface area contributed by atoms with E-state index in [9.17, 15) is 14.5 Å². The summed E-state index contributed by atoms with van der Waals surface area (Å²) in [4.78, 5) is 10.2. The third-order valence-electron chi connectivity index (χ3n) is 2.70. The van der Waals surface area contributed by atoms with Gasteiger partial charge in [-0.05, 0) is 35.9 Å². The Labute approximate surface area is 124 Å². The highest BCUT2D eigenvalue weighted by molar-refractivity contribution is 6.32. The third kappa shape index (κ3) is 3.59. The van der Waals surface area contributed by atoms with Crippen molar-refractivity contribution in [2.45, 2.75) is 6.61 Å². The number of hydrogen-bond acceptors (Lipinski definition) is 5. The summed E-state index contributed by atoms with van der Waals surface area (Å²) in [5.41, 5.74) is 2.94. The predicted octanol–water partition coefficient (Wildman–Crippen LogP) is 3.25. The van der Waals surface area contributed by atoms with E-state index in [0.717, 1.165) is 6.07 Å². The molecular weight excluding hydrogens is 301 g/mol.